The fraction of sp³-hybridized carbons (Fsp3) is 0.300. The topological polar surface area (TPSA) is 127 Å². The first-order chi connectivity index (χ1) is 14.0. The molecular weight excluding hydrogens is 378 g/mol. The summed E-state index contributed by atoms with van der Waals surface area (Å²) in [4.78, 5) is 46.8. The van der Waals surface area contributed by atoms with Gasteiger partial charge in [0.2, 0.25) is 5.91 Å². The molecule has 152 valence electrons. The average Bonchev–Trinajstić information content (AvgIpc) is 3.40. The minimum Gasteiger partial charge on any atom is -0.459 e. The van der Waals surface area contributed by atoms with Crippen LogP contribution in [0.4, 0.5) is 5.69 Å². The lowest BCUT2D eigenvalue weighted by atomic mass is 10.1. The van der Waals surface area contributed by atoms with Crippen LogP contribution in [0.1, 0.15) is 28.1 Å². The molecule has 3 N–H and O–H groups in total. The second-order valence-corrected chi connectivity index (χ2v) is 6.48. The van der Waals surface area contributed by atoms with Gasteiger partial charge in [0.15, 0.2) is 12.4 Å². The van der Waals surface area contributed by atoms with Crippen molar-refractivity contribution in [2.45, 2.75) is 19.3 Å². The fourth-order valence-electron chi connectivity index (χ4n) is 2.93. The summed E-state index contributed by atoms with van der Waals surface area (Å²) >= 11 is 0. The van der Waals surface area contributed by atoms with Crippen molar-refractivity contribution in [1.82, 2.24) is 10.6 Å². The molecule has 2 aromatic rings. The molecular formula is C20H21N3O6. The molecule has 1 aromatic carbocycles. The van der Waals surface area contributed by atoms with Gasteiger partial charge < -0.3 is 25.1 Å². The molecule has 0 spiro atoms. The number of amides is 3. The molecule has 0 radical (unpaired) electrons. The van der Waals surface area contributed by atoms with Gasteiger partial charge in [0.05, 0.1) is 12.8 Å². The molecule has 1 heterocycles. The number of hydrogen-bond acceptors (Lipinski definition) is 6. The molecule has 29 heavy (non-hydrogen) atoms. The largest absolute Gasteiger partial charge is 0.459 e. The fourth-order valence-corrected chi connectivity index (χ4v) is 2.93. The highest BCUT2D eigenvalue weighted by atomic mass is 16.5. The van der Waals surface area contributed by atoms with Gasteiger partial charge in [-0.1, -0.05) is 6.07 Å². The minimum atomic E-state index is -0.764. The Kier molecular flexibility index (Phi) is 6.62. The molecule has 9 heteroatoms. The Labute approximate surface area is 166 Å². The highest BCUT2D eigenvalue weighted by molar-refractivity contribution is 5.95. The zero-order chi connectivity index (χ0) is 20.6. The Morgan fingerprint density at radius 2 is 1.79 bits per heavy atom. The maximum absolute atomic E-state index is 11.9. The van der Waals surface area contributed by atoms with Crippen LogP contribution in [0, 0.1) is 0 Å². The van der Waals surface area contributed by atoms with E-state index in [-0.39, 0.29) is 12.3 Å². The van der Waals surface area contributed by atoms with Gasteiger partial charge in [0.1, 0.15) is 6.54 Å². The predicted molar refractivity (Wildman–Crippen MR) is 102 cm³/mol. The van der Waals surface area contributed by atoms with Crippen LogP contribution in [0.25, 0.3) is 0 Å². The summed E-state index contributed by atoms with van der Waals surface area (Å²) in [5.74, 6) is -2.28. The van der Waals surface area contributed by atoms with Crippen LogP contribution in [0.15, 0.2) is 41.0 Å². The summed E-state index contributed by atoms with van der Waals surface area (Å²) in [5.41, 5.74) is 3.18. The number of furan rings is 1. The van der Waals surface area contributed by atoms with Crippen molar-refractivity contribution in [3.8, 4) is 0 Å². The van der Waals surface area contributed by atoms with E-state index in [1.165, 1.54) is 23.5 Å². The van der Waals surface area contributed by atoms with Crippen LogP contribution < -0.4 is 16.0 Å². The zero-order valence-corrected chi connectivity index (χ0v) is 15.7. The number of fused-ring (bicyclic) bond motifs is 1. The average molecular weight is 399 g/mol. The van der Waals surface area contributed by atoms with Crippen LogP contribution in [-0.4, -0.2) is 43.4 Å². The van der Waals surface area contributed by atoms with Gasteiger partial charge in [-0.25, -0.2) is 0 Å². The van der Waals surface area contributed by atoms with E-state index in [0.717, 1.165) is 19.3 Å². The monoisotopic (exact) mass is 399 g/mol. The van der Waals surface area contributed by atoms with Crippen LogP contribution in [-0.2, 0) is 32.0 Å². The van der Waals surface area contributed by atoms with Gasteiger partial charge in [-0.2, -0.15) is 0 Å². The zero-order valence-electron chi connectivity index (χ0n) is 15.7. The molecule has 3 rings (SSSR count). The number of benzene rings is 1. The van der Waals surface area contributed by atoms with E-state index in [1.54, 1.807) is 6.07 Å². The molecule has 0 atom stereocenters. The lowest BCUT2D eigenvalue weighted by Gasteiger charge is -2.09. The molecule has 0 saturated heterocycles. The second kappa shape index (κ2) is 9.54. The van der Waals surface area contributed by atoms with E-state index < -0.39 is 36.8 Å². The number of carbonyl (C=O) groups excluding carboxylic acids is 4. The molecule has 1 aromatic heterocycles. The van der Waals surface area contributed by atoms with Crippen LogP contribution in [0.3, 0.4) is 0 Å². The highest BCUT2D eigenvalue weighted by Gasteiger charge is 2.14. The molecule has 3 amide bonds. The Hall–Kier alpha value is -3.62. The van der Waals surface area contributed by atoms with Crippen molar-refractivity contribution >= 4 is 29.4 Å². The second-order valence-electron chi connectivity index (χ2n) is 6.48. The molecule has 1 aliphatic carbocycles. The van der Waals surface area contributed by atoms with Crippen LogP contribution >= 0.6 is 0 Å². The van der Waals surface area contributed by atoms with Gasteiger partial charge in [-0.15, -0.1) is 0 Å². The quantitative estimate of drug-likeness (QED) is 0.564. The first kappa shape index (κ1) is 20.1. The number of nitrogens with one attached hydrogen (secondary N) is 3. The number of anilines is 1. The summed E-state index contributed by atoms with van der Waals surface area (Å²) in [7, 11) is 0. The maximum Gasteiger partial charge on any atom is 0.325 e. The SMILES string of the molecule is O=C(CNC(=O)c1ccco1)NCC(=O)OCC(=O)Nc1ccc2c(c1)CCC2. The first-order valence-electron chi connectivity index (χ1n) is 9.17. The number of ether oxygens (including phenoxy) is 1. The Balaban J connectivity index is 1.31. The van der Waals surface area contributed by atoms with Crippen molar-refractivity contribution < 1.29 is 28.3 Å². The number of esters is 1. The Bertz CT molecular complexity index is 907. The lowest BCUT2D eigenvalue weighted by molar-refractivity contribution is -0.147. The van der Waals surface area contributed by atoms with Crippen molar-refractivity contribution in [3.05, 3.63) is 53.5 Å². The van der Waals surface area contributed by atoms with Crippen molar-refractivity contribution in [3.63, 3.8) is 0 Å². The lowest BCUT2D eigenvalue weighted by Crippen LogP contribution is -2.39. The summed E-state index contributed by atoms with van der Waals surface area (Å²) < 4.78 is 9.72. The summed E-state index contributed by atoms with van der Waals surface area (Å²) in [6, 6.07) is 8.74. The molecule has 0 unspecified atom stereocenters. The van der Waals surface area contributed by atoms with Gasteiger partial charge in [0.25, 0.3) is 11.8 Å². The van der Waals surface area contributed by atoms with Crippen molar-refractivity contribution in [2.75, 3.05) is 25.0 Å². The van der Waals surface area contributed by atoms with Crippen LogP contribution in [0.2, 0.25) is 0 Å². The summed E-state index contributed by atoms with van der Waals surface area (Å²) in [5, 5.41) is 7.32. The maximum atomic E-state index is 11.9. The van der Waals surface area contributed by atoms with E-state index in [0.29, 0.717) is 5.69 Å². The Morgan fingerprint density at radius 3 is 2.59 bits per heavy atom. The highest BCUT2D eigenvalue weighted by Crippen LogP contribution is 2.24. The van der Waals surface area contributed by atoms with Gasteiger partial charge in [-0.05, 0) is 54.7 Å². The number of carbonyl (C=O) groups is 4. The minimum absolute atomic E-state index is 0.0755. The molecule has 1 aliphatic rings. The third-order valence-corrected chi connectivity index (χ3v) is 4.33. The van der Waals surface area contributed by atoms with Crippen molar-refractivity contribution in [2.24, 2.45) is 0 Å². The third-order valence-electron chi connectivity index (χ3n) is 4.33. The van der Waals surface area contributed by atoms with E-state index in [9.17, 15) is 19.2 Å². The van der Waals surface area contributed by atoms with E-state index in [4.69, 9.17) is 9.15 Å². The van der Waals surface area contributed by atoms with Gasteiger partial charge in [0, 0.05) is 5.69 Å². The van der Waals surface area contributed by atoms with Crippen molar-refractivity contribution in [1.29, 1.82) is 0 Å². The van der Waals surface area contributed by atoms with E-state index in [2.05, 4.69) is 16.0 Å². The standard InChI is InChI=1S/C20H21N3O6/c24-17(10-22-20(27)16-5-2-8-28-16)21-11-19(26)29-12-18(25)23-15-7-6-13-3-1-4-14(13)9-15/h2,5-9H,1,3-4,10-12H2,(H,21,24)(H,22,27)(H,23,25). The van der Waals surface area contributed by atoms with Crippen LogP contribution in [0.5, 0.6) is 0 Å². The van der Waals surface area contributed by atoms with E-state index in [1.807, 2.05) is 18.2 Å². The summed E-state index contributed by atoms with van der Waals surface area (Å²) in [6.07, 6.45) is 4.50. The Morgan fingerprint density at radius 1 is 0.966 bits per heavy atom. The predicted octanol–water partition coefficient (Wildman–Crippen LogP) is 0.796. The molecule has 9 nitrogen and oxygen atoms in total. The molecule has 0 bridgehead atoms. The molecule has 0 fully saturated rings. The van der Waals surface area contributed by atoms with Gasteiger partial charge in [-0.3, -0.25) is 19.2 Å². The smallest absolute Gasteiger partial charge is 0.325 e. The molecule has 0 saturated carbocycles. The van der Waals surface area contributed by atoms with E-state index >= 15 is 0 Å². The normalized spacial score (nSPS) is 12.0. The number of aryl methyl sites for hydroxylation is 2. The number of hydrogen-bond donors (Lipinski definition) is 3. The third kappa shape index (κ3) is 5.93. The summed E-state index contributed by atoms with van der Waals surface area (Å²) in [6.45, 7) is -1.20. The first-order valence-corrected chi connectivity index (χ1v) is 9.17. The molecule has 0 aliphatic heterocycles. The number of rotatable bonds is 8. The van der Waals surface area contributed by atoms with Gasteiger partial charge >= 0.3 is 5.97 Å².